The Morgan fingerprint density at radius 2 is 1.95 bits per heavy atom. The van der Waals surface area contributed by atoms with Gasteiger partial charge in [-0.1, -0.05) is 19.3 Å². The summed E-state index contributed by atoms with van der Waals surface area (Å²) in [6, 6.07) is 1.00. The first-order valence-electron chi connectivity index (χ1n) is 7.85. The van der Waals surface area contributed by atoms with Crippen LogP contribution in [0.15, 0.2) is 0 Å². The maximum absolute atomic E-state index is 10.9. The number of aliphatic carboxylic acids is 1. The Kier molecular flexibility index (Phi) is 5.64. The first-order chi connectivity index (χ1) is 9.18. The monoisotopic (exact) mass is 268 g/mol. The van der Waals surface area contributed by atoms with E-state index < -0.39 is 5.97 Å². The van der Waals surface area contributed by atoms with Crippen LogP contribution in [0.1, 0.15) is 51.4 Å². The number of carboxylic acid groups (broad SMARTS) is 1. The average Bonchev–Trinajstić information content (AvgIpc) is 2.37. The third-order valence-corrected chi connectivity index (χ3v) is 4.88. The molecule has 2 atom stereocenters. The lowest BCUT2D eigenvalue weighted by molar-refractivity contribution is -0.146. The highest BCUT2D eigenvalue weighted by atomic mass is 16.4. The van der Waals surface area contributed by atoms with Gasteiger partial charge in [-0.2, -0.15) is 0 Å². The van der Waals surface area contributed by atoms with E-state index in [1.54, 1.807) is 0 Å². The van der Waals surface area contributed by atoms with E-state index in [1.165, 1.54) is 32.1 Å². The minimum Gasteiger partial charge on any atom is -0.481 e. The van der Waals surface area contributed by atoms with Gasteiger partial charge in [-0.15, -0.1) is 0 Å². The Labute approximate surface area is 116 Å². The fourth-order valence-corrected chi connectivity index (χ4v) is 3.36. The molecule has 4 nitrogen and oxygen atoms in total. The second kappa shape index (κ2) is 7.25. The van der Waals surface area contributed by atoms with Crippen molar-refractivity contribution >= 4 is 5.97 Å². The molecule has 0 aromatic heterocycles. The highest BCUT2D eigenvalue weighted by molar-refractivity contribution is 5.72. The highest BCUT2D eigenvalue weighted by Crippen LogP contribution is 2.27. The number of nitrogens with zero attached hydrogens (tertiary/aromatic N) is 1. The van der Waals surface area contributed by atoms with Crippen LogP contribution in [0, 0.1) is 5.92 Å². The van der Waals surface area contributed by atoms with Crippen molar-refractivity contribution in [3.8, 4) is 0 Å². The molecule has 2 unspecified atom stereocenters. The SMILES string of the molecule is CN(CCCNC1CCC1C(=O)O)C1CCCCC1. The van der Waals surface area contributed by atoms with Crippen molar-refractivity contribution in [1.82, 2.24) is 10.2 Å². The van der Waals surface area contributed by atoms with E-state index in [9.17, 15) is 4.79 Å². The predicted molar refractivity (Wildman–Crippen MR) is 76.3 cm³/mol. The van der Waals surface area contributed by atoms with Crippen LogP contribution >= 0.6 is 0 Å². The molecular weight excluding hydrogens is 240 g/mol. The van der Waals surface area contributed by atoms with E-state index in [0.29, 0.717) is 0 Å². The molecule has 2 aliphatic rings. The summed E-state index contributed by atoms with van der Waals surface area (Å²) in [5.74, 6) is -0.779. The molecule has 0 aliphatic heterocycles. The van der Waals surface area contributed by atoms with Crippen LogP contribution in [0.4, 0.5) is 0 Å². The molecule has 2 aliphatic carbocycles. The summed E-state index contributed by atoms with van der Waals surface area (Å²) >= 11 is 0. The molecule has 4 heteroatoms. The fourth-order valence-electron chi connectivity index (χ4n) is 3.36. The van der Waals surface area contributed by atoms with E-state index in [1.807, 2.05) is 0 Å². The zero-order chi connectivity index (χ0) is 13.7. The van der Waals surface area contributed by atoms with E-state index in [-0.39, 0.29) is 12.0 Å². The minimum absolute atomic E-state index is 0.143. The first-order valence-corrected chi connectivity index (χ1v) is 7.85. The molecular formula is C15H28N2O2. The molecule has 2 rings (SSSR count). The summed E-state index contributed by atoms with van der Waals surface area (Å²) in [4.78, 5) is 13.4. The lowest BCUT2D eigenvalue weighted by atomic mass is 9.79. The van der Waals surface area contributed by atoms with Gasteiger partial charge in [0.1, 0.15) is 0 Å². The molecule has 2 N–H and O–H groups in total. The smallest absolute Gasteiger partial charge is 0.308 e. The van der Waals surface area contributed by atoms with Gasteiger partial charge in [-0.25, -0.2) is 0 Å². The van der Waals surface area contributed by atoms with E-state index in [0.717, 1.165) is 38.4 Å². The van der Waals surface area contributed by atoms with Crippen molar-refractivity contribution in [2.24, 2.45) is 5.92 Å². The van der Waals surface area contributed by atoms with E-state index in [2.05, 4.69) is 17.3 Å². The lowest BCUT2D eigenvalue weighted by Crippen LogP contribution is -2.48. The van der Waals surface area contributed by atoms with Gasteiger partial charge in [-0.3, -0.25) is 4.79 Å². The van der Waals surface area contributed by atoms with Crippen molar-refractivity contribution < 1.29 is 9.90 Å². The van der Waals surface area contributed by atoms with Gasteiger partial charge >= 0.3 is 5.97 Å². The highest BCUT2D eigenvalue weighted by Gasteiger charge is 2.35. The van der Waals surface area contributed by atoms with E-state index >= 15 is 0 Å². The molecule has 2 saturated carbocycles. The summed E-state index contributed by atoms with van der Waals surface area (Å²) in [6.07, 6.45) is 9.87. The zero-order valence-electron chi connectivity index (χ0n) is 12.1. The van der Waals surface area contributed by atoms with Crippen molar-refractivity contribution in [3.63, 3.8) is 0 Å². The Bertz CT molecular complexity index is 290. The zero-order valence-corrected chi connectivity index (χ0v) is 12.1. The first kappa shape index (κ1) is 14.8. The topological polar surface area (TPSA) is 52.6 Å². The Hall–Kier alpha value is -0.610. The molecule has 0 saturated heterocycles. The Morgan fingerprint density at radius 1 is 1.21 bits per heavy atom. The maximum Gasteiger partial charge on any atom is 0.308 e. The van der Waals surface area contributed by atoms with Gasteiger partial charge in [0, 0.05) is 12.1 Å². The van der Waals surface area contributed by atoms with E-state index in [4.69, 9.17) is 5.11 Å². The summed E-state index contributed by atoms with van der Waals surface area (Å²) in [5.41, 5.74) is 0. The Balaban J connectivity index is 1.55. The van der Waals surface area contributed by atoms with Crippen molar-refractivity contribution in [3.05, 3.63) is 0 Å². The summed E-state index contributed by atoms with van der Waals surface area (Å²) < 4.78 is 0. The van der Waals surface area contributed by atoms with Crippen molar-refractivity contribution in [2.75, 3.05) is 20.1 Å². The van der Waals surface area contributed by atoms with Crippen molar-refractivity contribution in [1.29, 1.82) is 0 Å². The molecule has 0 spiro atoms. The quantitative estimate of drug-likeness (QED) is 0.694. The number of nitrogens with one attached hydrogen (secondary N) is 1. The van der Waals surface area contributed by atoms with Crippen LogP contribution in [-0.2, 0) is 4.79 Å². The number of rotatable bonds is 7. The molecule has 0 bridgehead atoms. The minimum atomic E-state index is -0.636. The van der Waals surface area contributed by atoms with Gasteiger partial charge in [0.15, 0.2) is 0 Å². The van der Waals surface area contributed by atoms with Crippen LogP contribution < -0.4 is 5.32 Å². The second-order valence-corrected chi connectivity index (χ2v) is 6.21. The molecule has 0 aromatic rings. The largest absolute Gasteiger partial charge is 0.481 e. The van der Waals surface area contributed by atoms with Crippen LogP contribution in [-0.4, -0.2) is 48.2 Å². The van der Waals surface area contributed by atoms with Crippen molar-refractivity contribution in [2.45, 2.75) is 63.5 Å². The summed E-state index contributed by atoms with van der Waals surface area (Å²) in [6.45, 7) is 2.08. The second-order valence-electron chi connectivity index (χ2n) is 6.21. The van der Waals surface area contributed by atoms with Crippen LogP contribution in [0.5, 0.6) is 0 Å². The number of carboxylic acids is 1. The summed E-state index contributed by atoms with van der Waals surface area (Å²) in [7, 11) is 2.24. The molecule has 0 heterocycles. The molecule has 0 amide bonds. The molecule has 19 heavy (non-hydrogen) atoms. The van der Waals surface area contributed by atoms with Crippen LogP contribution in [0.25, 0.3) is 0 Å². The maximum atomic E-state index is 10.9. The fraction of sp³-hybridized carbons (Fsp3) is 0.933. The van der Waals surface area contributed by atoms with Gasteiger partial charge < -0.3 is 15.3 Å². The number of hydrogen-bond donors (Lipinski definition) is 2. The predicted octanol–water partition coefficient (Wildman–Crippen LogP) is 2.09. The normalized spacial score (nSPS) is 28.3. The lowest BCUT2D eigenvalue weighted by Gasteiger charge is -2.35. The van der Waals surface area contributed by atoms with Gasteiger partial charge in [0.2, 0.25) is 0 Å². The van der Waals surface area contributed by atoms with Gasteiger partial charge in [0.05, 0.1) is 5.92 Å². The van der Waals surface area contributed by atoms with Gasteiger partial charge in [0.25, 0.3) is 0 Å². The molecule has 0 aromatic carbocycles. The number of hydrogen-bond acceptors (Lipinski definition) is 3. The van der Waals surface area contributed by atoms with Crippen LogP contribution in [0.2, 0.25) is 0 Å². The Morgan fingerprint density at radius 3 is 2.53 bits per heavy atom. The summed E-state index contributed by atoms with van der Waals surface area (Å²) in [5, 5.41) is 12.4. The molecule has 110 valence electrons. The molecule has 0 radical (unpaired) electrons. The van der Waals surface area contributed by atoms with Gasteiger partial charge in [-0.05, 0) is 52.2 Å². The third kappa shape index (κ3) is 4.18. The third-order valence-electron chi connectivity index (χ3n) is 4.88. The molecule has 2 fully saturated rings. The van der Waals surface area contributed by atoms with Crippen LogP contribution in [0.3, 0.4) is 0 Å². The standard InChI is InChI=1S/C15H28N2O2/c1-17(12-6-3-2-4-7-12)11-5-10-16-14-9-8-13(14)15(18)19/h12-14,16H,2-11H2,1H3,(H,18,19). The number of carbonyl (C=O) groups is 1. The average molecular weight is 268 g/mol.